The fourth-order valence-corrected chi connectivity index (χ4v) is 3.86. The van der Waals surface area contributed by atoms with E-state index in [-0.39, 0.29) is 23.9 Å². The van der Waals surface area contributed by atoms with Crippen LogP contribution in [0.3, 0.4) is 0 Å². The number of amides is 1. The molecule has 0 bridgehead atoms. The number of aromatic amines is 1. The van der Waals surface area contributed by atoms with Crippen molar-refractivity contribution in [2.45, 2.75) is 31.5 Å². The minimum Gasteiger partial charge on any atom is -0.352 e. The summed E-state index contributed by atoms with van der Waals surface area (Å²) in [5, 5.41) is 3.21. The van der Waals surface area contributed by atoms with Crippen LogP contribution in [0, 0.1) is 5.92 Å². The maximum Gasteiger partial charge on any atom is 0.416 e. The Morgan fingerprint density at radius 1 is 1.10 bits per heavy atom. The molecule has 0 saturated heterocycles. The monoisotopic (exact) mass is 427 g/mol. The van der Waals surface area contributed by atoms with E-state index in [1.54, 1.807) is 24.3 Å². The molecule has 5 nitrogen and oxygen atoms in total. The number of rotatable bonds is 4. The van der Waals surface area contributed by atoms with Gasteiger partial charge < -0.3 is 10.3 Å². The molecule has 2 N–H and O–H groups in total. The summed E-state index contributed by atoms with van der Waals surface area (Å²) in [6.07, 6.45) is 0.381. The van der Waals surface area contributed by atoms with Crippen molar-refractivity contribution < 1.29 is 18.0 Å². The van der Waals surface area contributed by atoms with Crippen LogP contribution in [0.4, 0.5) is 13.2 Å². The van der Waals surface area contributed by atoms with Gasteiger partial charge in [0.15, 0.2) is 0 Å². The Kier molecular flexibility index (Phi) is 5.63. The lowest BCUT2D eigenvalue weighted by Crippen LogP contribution is -2.35. The van der Waals surface area contributed by atoms with Crippen LogP contribution in [0.5, 0.6) is 0 Å². The van der Waals surface area contributed by atoms with Crippen LogP contribution in [0.15, 0.2) is 65.5 Å². The molecule has 8 heteroatoms. The molecule has 1 aromatic heterocycles. The third-order valence-electron chi connectivity index (χ3n) is 5.47. The van der Waals surface area contributed by atoms with Gasteiger partial charge in [-0.1, -0.05) is 36.4 Å². The Balaban J connectivity index is 1.54. The van der Waals surface area contributed by atoms with E-state index in [0.29, 0.717) is 35.1 Å². The van der Waals surface area contributed by atoms with Crippen LogP contribution >= 0.6 is 0 Å². The van der Waals surface area contributed by atoms with E-state index in [4.69, 9.17) is 0 Å². The first-order valence-electron chi connectivity index (χ1n) is 9.91. The second-order valence-corrected chi connectivity index (χ2v) is 7.54. The van der Waals surface area contributed by atoms with Gasteiger partial charge in [0.05, 0.1) is 22.4 Å². The summed E-state index contributed by atoms with van der Waals surface area (Å²) < 4.78 is 38.7. The highest BCUT2D eigenvalue weighted by Gasteiger charge is 2.33. The van der Waals surface area contributed by atoms with Crippen LogP contribution < -0.4 is 10.9 Å². The Labute approximate surface area is 176 Å². The highest BCUT2D eigenvalue weighted by atomic mass is 19.4. The zero-order valence-corrected chi connectivity index (χ0v) is 16.4. The molecule has 1 heterocycles. The van der Waals surface area contributed by atoms with Crippen molar-refractivity contribution in [3.05, 3.63) is 88.0 Å². The average molecular weight is 427 g/mol. The third-order valence-corrected chi connectivity index (χ3v) is 5.47. The number of para-hydroxylation sites is 1. The quantitative estimate of drug-likeness (QED) is 0.610. The number of nitrogens with one attached hydrogen (secondary N) is 2. The van der Waals surface area contributed by atoms with Crippen LogP contribution in [-0.2, 0) is 17.5 Å². The van der Waals surface area contributed by atoms with Crippen LogP contribution in [0.2, 0.25) is 0 Å². The molecule has 2 atom stereocenters. The standard InChI is InChI=1S/C23H20F3N3O2/c24-23(25,26)15-7-5-6-14(12-15)13-27-21(30)17-9-2-1-8-16(17)20-28-19-11-4-3-10-18(19)22(31)29-20/h1-7,10-12,16-17H,8-9,13H2,(H,27,30)(H,28,29,31). The maximum atomic E-state index is 12.9. The number of benzene rings is 2. The van der Waals surface area contributed by atoms with Gasteiger partial charge in [0.25, 0.3) is 5.56 Å². The number of aromatic nitrogens is 2. The van der Waals surface area contributed by atoms with Gasteiger partial charge >= 0.3 is 6.18 Å². The SMILES string of the molecule is O=C(NCc1cccc(C(F)(F)F)c1)C1CC=CCC1c1nc2ccccc2c(=O)[nH]1. The molecular weight excluding hydrogens is 407 g/mol. The first kappa shape index (κ1) is 20.8. The molecule has 0 saturated carbocycles. The van der Waals surface area contributed by atoms with Crippen LogP contribution in [-0.4, -0.2) is 15.9 Å². The Hall–Kier alpha value is -3.42. The fraction of sp³-hybridized carbons (Fsp3) is 0.261. The largest absolute Gasteiger partial charge is 0.416 e. The number of allylic oxidation sites excluding steroid dienone is 2. The van der Waals surface area contributed by atoms with Crippen molar-refractivity contribution in [2.24, 2.45) is 5.92 Å². The second-order valence-electron chi connectivity index (χ2n) is 7.54. The number of fused-ring (bicyclic) bond motifs is 1. The van der Waals surface area contributed by atoms with E-state index < -0.39 is 17.7 Å². The summed E-state index contributed by atoms with van der Waals surface area (Å²) >= 11 is 0. The molecule has 0 spiro atoms. The van der Waals surface area contributed by atoms with E-state index in [1.807, 2.05) is 12.2 Å². The molecule has 0 aliphatic heterocycles. The number of alkyl halides is 3. The first-order valence-corrected chi connectivity index (χ1v) is 9.91. The number of hydrogen-bond acceptors (Lipinski definition) is 3. The lowest BCUT2D eigenvalue weighted by molar-refractivity contribution is -0.137. The van der Waals surface area contributed by atoms with Crippen LogP contribution in [0.1, 0.15) is 35.7 Å². The third kappa shape index (κ3) is 4.52. The number of carbonyl (C=O) groups is 1. The maximum absolute atomic E-state index is 12.9. The van der Waals surface area contributed by atoms with Crippen molar-refractivity contribution in [3.63, 3.8) is 0 Å². The normalized spacial score (nSPS) is 18.8. The average Bonchev–Trinajstić information content (AvgIpc) is 2.77. The van der Waals surface area contributed by atoms with E-state index in [9.17, 15) is 22.8 Å². The molecule has 2 unspecified atom stereocenters. The molecule has 160 valence electrons. The first-order chi connectivity index (χ1) is 14.8. The molecule has 1 amide bonds. The van der Waals surface area contributed by atoms with Gasteiger partial charge in [-0.3, -0.25) is 9.59 Å². The van der Waals surface area contributed by atoms with Crippen molar-refractivity contribution >= 4 is 16.8 Å². The Bertz CT molecular complexity index is 1200. The number of hydrogen-bond donors (Lipinski definition) is 2. The van der Waals surface area contributed by atoms with Gasteiger partial charge in [0.2, 0.25) is 5.91 Å². The van der Waals surface area contributed by atoms with Crippen molar-refractivity contribution in [1.29, 1.82) is 0 Å². The lowest BCUT2D eigenvalue weighted by Gasteiger charge is -2.27. The van der Waals surface area contributed by atoms with Gasteiger partial charge in [0.1, 0.15) is 5.82 Å². The summed E-state index contributed by atoms with van der Waals surface area (Å²) in [4.78, 5) is 32.7. The predicted octanol–water partition coefficient (Wildman–Crippen LogP) is 4.31. The van der Waals surface area contributed by atoms with E-state index in [1.165, 1.54) is 12.1 Å². The minimum atomic E-state index is -4.44. The molecule has 2 aromatic carbocycles. The molecule has 4 rings (SSSR count). The molecule has 0 radical (unpaired) electrons. The number of H-pyrrole nitrogens is 1. The van der Waals surface area contributed by atoms with Gasteiger partial charge in [-0.05, 0) is 42.7 Å². The van der Waals surface area contributed by atoms with Gasteiger partial charge in [-0.2, -0.15) is 13.2 Å². The topological polar surface area (TPSA) is 74.8 Å². The summed E-state index contributed by atoms with van der Waals surface area (Å²) in [5.74, 6) is -0.668. The number of halogens is 3. The highest BCUT2D eigenvalue weighted by Crippen LogP contribution is 2.33. The molecule has 3 aromatic rings. The lowest BCUT2D eigenvalue weighted by atomic mass is 9.81. The number of nitrogens with zero attached hydrogens (tertiary/aromatic N) is 1. The Morgan fingerprint density at radius 3 is 2.68 bits per heavy atom. The molecule has 31 heavy (non-hydrogen) atoms. The van der Waals surface area contributed by atoms with Gasteiger partial charge in [0, 0.05) is 12.5 Å². The summed E-state index contributed by atoms with van der Waals surface area (Å²) in [7, 11) is 0. The van der Waals surface area contributed by atoms with Crippen molar-refractivity contribution in [1.82, 2.24) is 15.3 Å². The molecule has 0 fully saturated rings. The Morgan fingerprint density at radius 2 is 1.87 bits per heavy atom. The minimum absolute atomic E-state index is 0.0165. The summed E-state index contributed by atoms with van der Waals surface area (Å²) in [5.41, 5.74) is -0.101. The molecular formula is C23H20F3N3O2. The van der Waals surface area contributed by atoms with Crippen molar-refractivity contribution in [2.75, 3.05) is 0 Å². The van der Waals surface area contributed by atoms with E-state index >= 15 is 0 Å². The van der Waals surface area contributed by atoms with Crippen molar-refractivity contribution in [3.8, 4) is 0 Å². The smallest absolute Gasteiger partial charge is 0.352 e. The summed E-state index contributed by atoms with van der Waals surface area (Å²) in [6, 6.07) is 11.9. The van der Waals surface area contributed by atoms with E-state index in [0.717, 1.165) is 12.1 Å². The molecule has 1 aliphatic rings. The summed E-state index contributed by atoms with van der Waals surface area (Å²) in [6.45, 7) is -0.0165. The molecule has 1 aliphatic carbocycles. The van der Waals surface area contributed by atoms with E-state index in [2.05, 4.69) is 15.3 Å². The zero-order chi connectivity index (χ0) is 22.0. The van der Waals surface area contributed by atoms with Crippen LogP contribution in [0.25, 0.3) is 10.9 Å². The predicted molar refractivity (Wildman–Crippen MR) is 110 cm³/mol. The van der Waals surface area contributed by atoms with Gasteiger partial charge in [-0.25, -0.2) is 4.98 Å². The highest BCUT2D eigenvalue weighted by molar-refractivity contribution is 5.80. The number of carbonyl (C=O) groups excluding carboxylic acids is 1. The van der Waals surface area contributed by atoms with Gasteiger partial charge in [-0.15, -0.1) is 0 Å². The second kappa shape index (κ2) is 8.37. The fourth-order valence-electron chi connectivity index (χ4n) is 3.86. The zero-order valence-electron chi connectivity index (χ0n) is 16.4.